The first-order chi connectivity index (χ1) is 8.59. The Kier molecular flexibility index (Phi) is 9.74. The lowest BCUT2D eigenvalue weighted by Gasteiger charge is -2.30. The van der Waals surface area contributed by atoms with Crippen molar-refractivity contribution in [2.45, 2.75) is 40.0 Å². The van der Waals surface area contributed by atoms with Crippen LogP contribution in [-0.2, 0) is 0 Å². The SMILES string of the molecule is CC.CC1CCN(C(=O)NCCCN(C)C)CC1.[HH]. The van der Waals surface area contributed by atoms with Gasteiger partial charge in [-0.05, 0) is 45.8 Å². The number of rotatable bonds is 4. The van der Waals surface area contributed by atoms with Gasteiger partial charge in [-0.1, -0.05) is 20.8 Å². The number of urea groups is 1. The third-order valence-electron chi connectivity index (χ3n) is 3.13. The first-order valence-corrected chi connectivity index (χ1v) is 7.27. The summed E-state index contributed by atoms with van der Waals surface area (Å²) in [6, 6.07) is 0.116. The molecule has 1 N–H and O–H groups in total. The molecule has 1 aliphatic heterocycles. The summed E-state index contributed by atoms with van der Waals surface area (Å²) >= 11 is 0. The molecule has 110 valence electrons. The van der Waals surface area contributed by atoms with Gasteiger partial charge < -0.3 is 15.1 Å². The van der Waals surface area contributed by atoms with E-state index in [9.17, 15) is 4.79 Å². The van der Waals surface area contributed by atoms with Gasteiger partial charge in [-0.15, -0.1) is 0 Å². The minimum atomic E-state index is 0. The molecule has 1 fully saturated rings. The zero-order valence-electron chi connectivity index (χ0n) is 12.8. The Hall–Kier alpha value is -0.770. The number of amides is 2. The van der Waals surface area contributed by atoms with Gasteiger partial charge in [-0.3, -0.25) is 0 Å². The molecule has 4 nitrogen and oxygen atoms in total. The smallest absolute Gasteiger partial charge is 0.317 e. The van der Waals surface area contributed by atoms with Crippen molar-refractivity contribution in [1.82, 2.24) is 15.1 Å². The summed E-state index contributed by atoms with van der Waals surface area (Å²) in [6.07, 6.45) is 3.30. The van der Waals surface area contributed by atoms with E-state index >= 15 is 0 Å². The number of hydrogen-bond acceptors (Lipinski definition) is 2. The van der Waals surface area contributed by atoms with E-state index in [0.29, 0.717) is 0 Å². The molecular weight excluding hydrogens is 226 g/mol. The fraction of sp³-hybridized carbons (Fsp3) is 0.929. The first kappa shape index (κ1) is 17.2. The number of nitrogens with zero attached hydrogens (tertiary/aromatic N) is 2. The van der Waals surface area contributed by atoms with E-state index in [4.69, 9.17) is 0 Å². The number of hydrogen-bond donors (Lipinski definition) is 1. The predicted molar refractivity (Wildman–Crippen MR) is 80.0 cm³/mol. The summed E-state index contributed by atoms with van der Waals surface area (Å²) in [6.45, 7) is 9.90. The van der Waals surface area contributed by atoms with Gasteiger partial charge in [-0.25, -0.2) is 4.79 Å². The maximum atomic E-state index is 11.8. The molecule has 1 heterocycles. The van der Waals surface area contributed by atoms with Gasteiger partial charge in [0.2, 0.25) is 0 Å². The summed E-state index contributed by atoms with van der Waals surface area (Å²) in [5, 5.41) is 2.98. The molecular formula is C14H33N3O. The van der Waals surface area contributed by atoms with Crippen molar-refractivity contribution in [3.05, 3.63) is 0 Å². The molecule has 0 aromatic heterocycles. The lowest BCUT2D eigenvalue weighted by Crippen LogP contribution is -2.44. The van der Waals surface area contributed by atoms with Gasteiger partial charge in [0.05, 0.1) is 0 Å². The van der Waals surface area contributed by atoms with Crippen LogP contribution in [0.25, 0.3) is 0 Å². The van der Waals surface area contributed by atoms with Crippen LogP contribution < -0.4 is 5.32 Å². The summed E-state index contributed by atoms with van der Waals surface area (Å²) in [4.78, 5) is 15.8. The molecule has 0 aliphatic carbocycles. The van der Waals surface area contributed by atoms with E-state index in [2.05, 4.69) is 17.1 Å². The monoisotopic (exact) mass is 259 g/mol. The largest absolute Gasteiger partial charge is 0.338 e. The number of nitrogens with one attached hydrogen (secondary N) is 1. The second kappa shape index (κ2) is 10.2. The number of carbonyl (C=O) groups excluding carboxylic acids is 1. The Labute approximate surface area is 114 Å². The Morgan fingerprint density at radius 3 is 2.39 bits per heavy atom. The lowest BCUT2D eigenvalue weighted by molar-refractivity contribution is 0.173. The van der Waals surface area contributed by atoms with Crippen molar-refractivity contribution in [2.75, 3.05) is 40.3 Å². The molecule has 0 spiro atoms. The Morgan fingerprint density at radius 1 is 1.33 bits per heavy atom. The predicted octanol–water partition coefficient (Wildman–Crippen LogP) is 2.65. The minimum Gasteiger partial charge on any atom is -0.338 e. The third-order valence-corrected chi connectivity index (χ3v) is 3.13. The summed E-state index contributed by atoms with van der Waals surface area (Å²) in [7, 11) is 4.10. The van der Waals surface area contributed by atoms with Gasteiger partial charge in [-0.2, -0.15) is 0 Å². The van der Waals surface area contributed by atoms with Gasteiger partial charge in [0.1, 0.15) is 0 Å². The fourth-order valence-corrected chi connectivity index (χ4v) is 1.91. The van der Waals surface area contributed by atoms with Gasteiger partial charge in [0.25, 0.3) is 0 Å². The highest BCUT2D eigenvalue weighted by Gasteiger charge is 2.19. The highest BCUT2D eigenvalue weighted by Crippen LogP contribution is 2.15. The number of likely N-dealkylation sites (tertiary alicyclic amines) is 1. The molecule has 18 heavy (non-hydrogen) atoms. The van der Waals surface area contributed by atoms with Gasteiger partial charge >= 0.3 is 6.03 Å². The Balaban J connectivity index is 0. The maximum Gasteiger partial charge on any atom is 0.317 e. The molecule has 0 unspecified atom stereocenters. The molecule has 4 heteroatoms. The van der Waals surface area contributed by atoms with E-state index < -0.39 is 0 Å². The highest BCUT2D eigenvalue weighted by atomic mass is 16.2. The number of carbonyl (C=O) groups is 1. The summed E-state index contributed by atoms with van der Waals surface area (Å²) < 4.78 is 0. The summed E-state index contributed by atoms with van der Waals surface area (Å²) in [5.74, 6) is 0.776. The van der Waals surface area contributed by atoms with Crippen LogP contribution in [0.15, 0.2) is 0 Å². The summed E-state index contributed by atoms with van der Waals surface area (Å²) in [5.41, 5.74) is 0. The average Bonchev–Trinajstić information content (AvgIpc) is 2.37. The van der Waals surface area contributed by atoms with Crippen LogP contribution in [-0.4, -0.2) is 56.1 Å². The lowest BCUT2D eigenvalue weighted by atomic mass is 10.00. The zero-order chi connectivity index (χ0) is 14.0. The van der Waals surface area contributed by atoms with Crippen molar-refractivity contribution >= 4 is 6.03 Å². The first-order valence-electron chi connectivity index (χ1n) is 7.27. The van der Waals surface area contributed by atoms with Crippen LogP contribution in [0.4, 0.5) is 4.79 Å². The van der Waals surface area contributed by atoms with Crippen LogP contribution in [0.1, 0.15) is 41.5 Å². The van der Waals surface area contributed by atoms with E-state index in [1.807, 2.05) is 32.8 Å². The second-order valence-electron chi connectivity index (χ2n) is 5.06. The van der Waals surface area contributed by atoms with Crippen LogP contribution in [0.5, 0.6) is 0 Å². The molecule has 2 amide bonds. The van der Waals surface area contributed by atoms with Gasteiger partial charge in [0, 0.05) is 21.1 Å². The second-order valence-corrected chi connectivity index (χ2v) is 5.06. The quantitative estimate of drug-likeness (QED) is 0.788. The molecule has 1 saturated heterocycles. The molecule has 0 radical (unpaired) electrons. The van der Waals surface area contributed by atoms with Crippen molar-refractivity contribution in [1.29, 1.82) is 0 Å². The maximum absolute atomic E-state index is 11.8. The number of piperidine rings is 1. The fourth-order valence-electron chi connectivity index (χ4n) is 1.91. The van der Waals surface area contributed by atoms with Crippen molar-refractivity contribution in [2.24, 2.45) is 5.92 Å². The van der Waals surface area contributed by atoms with Crippen LogP contribution in [0, 0.1) is 5.92 Å². The van der Waals surface area contributed by atoms with Crippen molar-refractivity contribution in [3.63, 3.8) is 0 Å². The van der Waals surface area contributed by atoms with Crippen LogP contribution >= 0.6 is 0 Å². The molecule has 0 aromatic rings. The molecule has 0 saturated carbocycles. The molecule has 1 aliphatic rings. The van der Waals surface area contributed by atoms with Crippen molar-refractivity contribution in [3.8, 4) is 0 Å². The minimum absolute atomic E-state index is 0. The Bertz CT molecular complexity index is 217. The average molecular weight is 259 g/mol. The zero-order valence-corrected chi connectivity index (χ0v) is 12.8. The topological polar surface area (TPSA) is 35.6 Å². The molecule has 0 atom stereocenters. The van der Waals surface area contributed by atoms with Crippen LogP contribution in [0.3, 0.4) is 0 Å². The molecule has 1 rings (SSSR count). The van der Waals surface area contributed by atoms with Crippen LogP contribution in [0.2, 0.25) is 0 Å². The third kappa shape index (κ3) is 7.54. The van der Waals surface area contributed by atoms with Gasteiger partial charge in [0.15, 0.2) is 0 Å². The van der Waals surface area contributed by atoms with E-state index in [1.54, 1.807) is 0 Å². The Morgan fingerprint density at radius 2 is 1.89 bits per heavy atom. The van der Waals surface area contributed by atoms with E-state index in [1.165, 1.54) is 0 Å². The van der Waals surface area contributed by atoms with E-state index in [0.717, 1.165) is 51.4 Å². The highest BCUT2D eigenvalue weighted by molar-refractivity contribution is 5.74. The van der Waals surface area contributed by atoms with E-state index in [-0.39, 0.29) is 7.46 Å². The standard InChI is InChI=1S/C12H25N3O.C2H6.H2/c1-11-5-9-15(10-6-11)12(16)13-7-4-8-14(2)3;1-2;/h11H,4-10H2,1-3H3,(H,13,16);1-2H3;1H. The van der Waals surface area contributed by atoms with Crippen molar-refractivity contribution < 1.29 is 6.22 Å². The molecule has 0 aromatic carbocycles. The normalized spacial score (nSPS) is 16.2. The molecule has 0 bridgehead atoms.